The van der Waals surface area contributed by atoms with Gasteiger partial charge < -0.3 is 10.1 Å². The molecule has 0 aliphatic carbocycles. The number of nitriles is 1. The second kappa shape index (κ2) is 6.40. The van der Waals surface area contributed by atoms with E-state index in [0.717, 1.165) is 5.56 Å². The van der Waals surface area contributed by atoms with Crippen LogP contribution < -0.4 is 5.32 Å². The van der Waals surface area contributed by atoms with E-state index in [-0.39, 0.29) is 12.5 Å². The van der Waals surface area contributed by atoms with Crippen molar-refractivity contribution in [3.63, 3.8) is 0 Å². The minimum Gasteiger partial charge on any atom is -0.449 e. The summed E-state index contributed by atoms with van der Waals surface area (Å²) in [5, 5.41) is 10.8. The molecule has 94 valence electrons. The summed E-state index contributed by atoms with van der Waals surface area (Å²) in [5.74, 6) is -0.974. The number of carbonyl (C=O) groups excluding carboxylic acids is 2. The zero-order valence-electron chi connectivity index (χ0n) is 10.3. The molecule has 0 aromatic heterocycles. The maximum absolute atomic E-state index is 11.8. The Balaban J connectivity index is 2.60. The predicted molar refractivity (Wildman–Crippen MR) is 64.7 cm³/mol. The third-order valence-corrected chi connectivity index (χ3v) is 2.26. The number of aryl methyl sites for hydroxylation is 1. The summed E-state index contributed by atoms with van der Waals surface area (Å²) in [6.07, 6.45) is 0. The number of ether oxygens (including phenoxy) is 1. The van der Waals surface area contributed by atoms with E-state index in [0.29, 0.717) is 5.56 Å². The standard InChI is InChI=1S/C13H14N2O3/c1-9-4-3-5-11(8-9)12(16)15-10(2)13(17)18-7-6-14/h3-5,8,10H,7H2,1-2H3,(H,15,16)/t10-/m0/s1. The fourth-order valence-corrected chi connectivity index (χ4v) is 1.35. The highest BCUT2D eigenvalue weighted by Gasteiger charge is 2.17. The Kier molecular flexibility index (Phi) is 4.88. The molecule has 0 bridgehead atoms. The van der Waals surface area contributed by atoms with Gasteiger partial charge in [-0.3, -0.25) is 4.79 Å². The van der Waals surface area contributed by atoms with Gasteiger partial charge in [0, 0.05) is 5.56 Å². The Morgan fingerprint density at radius 2 is 2.22 bits per heavy atom. The van der Waals surface area contributed by atoms with Crippen LogP contribution in [0.3, 0.4) is 0 Å². The van der Waals surface area contributed by atoms with Gasteiger partial charge in [-0.2, -0.15) is 5.26 Å². The Labute approximate surface area is 105 Å². The molecule has 1 N–H and O–H groups in total. The fraction of sp³-hybridized carbons (Fsp3) is 0.308. The Hall–Kier alpha value is -2.35. The first kappa shape index (κ1) is 13.7. The molecule has 0 spiro atoms. The van der Waals surface area contributed by atoms with Crippen LogP contribution in [0.5, 0.6) is 0 Å². The molecule has 0 saturated heterocycles. The number of hydrogen-bond donors (Lipinski definition) is 1. The van der Waals surface area contributed by atoms with Crippen LogP contribution in [0.2, 0.25) is 0 Å². The summed E-state index contributed by atoms with van der Waals surface area (Å²) in [5.41, 5.74) is 1.44. The lowest BCUT2D eigenvalue weighted by Crippen LogP contribution is -2.39. The van der Waals surface area contributed by atoms with Crippen molar-refractivity contribution in [2.45, 2.75) is 19.9 Å². The molecule has 0 radical (unpaired) electrons. The van der Waals surface area contributed by atoms with Gasteiger partial charge in [0.2, 0.25) is 0 Å². The fourth-order valence-electron chi connectivity index (χ4n) is 1.35. The van der Waals surface area contributed by atoms with Gasteiger partial charge in [-0.25, -0.2) is 4.79 Å². The van der Waals surface area contributed by atoms with Gasteiger partial charge in [0.15, 0.2) is 6.61 Å². The number of rotatable bonds is 4. The smallest absolute Gasteiger partial charge is 0.329 e. The number of amides is 1. The minimum absolute atomic E-state index is 0.316. The predicted octanol–water partition coefficient (Wildman–Crippen LogP) is 1.18. The van der Waals surface area contributed by atoms with Crippen molar-refractivity contribution >= 4 is 11.9 Å². The van der Waals surface area contributed by atoms with Crippen LogP contribution >= 0.6 is 0 Å². The van der Waals surface area contributed by atoms with Crippen molar-refractivity contribution < 1.29 is 14.3 Å². The zero-order valence-corrected chi connectivity index (χ0v) is 10.3. The van der Waals surface area contributed by atoms with Crippen LogP contribution in [0.1, 0.15) is 22.8 Å². The second-order valence-electron chi connectivity index (χ2n) is 3.83. The number of nitrogens with one attached hydrogen (secondary N) is 1. The Bertz CT molecular complexity index is 491. The van der Waals surface area contributed by atoms with Crippen molar-refractivity contribution in [1.29, 1.82) is 5.26 Å². The van der Waals surface area contributed by atoms with E-state index in [4.69, 9.17) is 5.26 Å². The van der Waals surface area contributed by atoms with E-state index in [1.807, 2.05) is 13.0 Å². The largest absolute Gasteiger partial charge is 0.449 e. The van der Waals surface area contributed by atoms with Gasteiger partial charge in [-0.05, 0) is 26.0 Å². The molecule has 1 amide bonds. The highest BCUT2D eigenvalue weighted by Crippen LogP contribution is 2.04. The van der Waals surface area contributed by atoms with E-state index in [2.05, 4.69) is 10.1 Å². The third-order valence-electron chi connectivity index (χ3n) is 2.26. The Morgan fingerprint density at radius 3 is 2.83 bits per heavy atom. The number of esters is 1. The van der Waals surface area contributed by atoms with Crippen LogP contribution in [0.4, 0.5) is 0 Å². The van der Waals surface area contributed by atoms with Crippen LogP contribution in [0, 0.1) is 18.3 Å². The van der Waals surface area contributed by atoms with Crippen molar-refractivity contribution in [2.24, 2.45) is 0 Å². The van der Waals surface area contributed by atoms with Gasteiger partial charge in [-0.15, -0.1) is 0 Å². The molecule has 0 unspecified atom stereocenters. The van der Waals surface area contributed by atoms with Crippen LogP contribution in [-0.2, 0) is 9.53 Å². The molecule has 1 atom stereocenters. The van der Waals surface area contributed by atoms with E-state index in [1.54, 1.807) is 24.3 Å². The summed E-state index contributed by atoms with van der Waals surface area (Å²) in [7, 11) is 0. The average molecular weight is 246 g/mol. The molecular formula is C13H14N2O3. The van der Waals surface area contributed by atoms with Gasteiger partial charge in [0.25, 0.3) is 5.91 Å². The van der Waals surface area contributed by atoms with E-state index in [1.165, 1.54) is 6.92 Å². The van der Waals surface area contributed by atoms with Gasteiger partial charge in [0.1, 0.15) is 12.1 Å². The van der Waals surface area contributed by atoms with Crippen LogP contribution in [0.15, 0.2) is 24.3 Å². The molecule has 0 aliphatic heterocycles. The molecule has 5 nitrogen and oxygen atoms in total. The molecule has 0 saturated carbocycles. The number of carbonyl (C=O) groups is 2. The molecule has 1 aromatic carbocycles. The molecule has 5 heteroatoms. The van der Waals surface area contributed by atoms with Crippen molar-refractivity contribution in [1.82, 2.24) is 5.32 Å². The molecule has 18 heavy (non-hydrogen) atoms. The highest BCUT2D eigenvalue weighted by atomic mass is 16.5. The van der Waals surface area contributed by atoms with Crippen molar-refractivity contribution in [2.75, 3.05) is 6.61 Å². The highest BCUT2D eigenvalue weighted by molar-refractivity contribution is 5.96. The lowest BCUT2D eigenvalue weighted by atomic mass is 10.1. The third kappa shape index (κ3) is 3.91. The molecular weight excluding hydrogens is 232 g/mol. The lowest BCUT2D eigenvalue weighted by molar-refractivity contribution is -0.144. The van der Waals surface area contributed by atoms with Gasteiger partial charge in [0.05, 0.1) is 0 Å². The maximum Gasteiger partial charge on any atom is 0.329 e. The topological polar surface area (TPSA) is 79.2 Å². The minimum atomic E-state index is -0.786. The zero-order chi connectivity index (χ0) is 13.5. The van der Waals surface area contributed by atoms with Gasteiger partial charge in [-0.1, -0.05) is 17.7 Å². The molecule has 0 aliphatic rings. The summed E-state index contributed by atoms with van der Waals surface area (Å²) in [6, 6.07) is 7.93. The first-order valence-corrected chi connectivity index (χ1v) is 5.45. The first-order valence-electron chi connectivity index (χ1n) is 5.45. The lowest BCUT2D eigenvalue weighted by Gasteiger charge is -2.12. The first-order chi connectivity index (χ1) is 8.54. The summed E-state index contributed by atoms with van der Waals surface area (Å²) < 4.78 is 4.60. The van der Waals surface area contributed by atoms with Crippen molar-refractivity contribution in [3.8, 4) is 6.07 Å². The Morgan fingerprint density at radius 1 is 1.50 bits per heavy atom. The second-order valence-corrected chi connectivity index (χ2v) is 3.83. The van der Waals surface area contributed by atoms with E-state index >= 15 is 0 Å². The summed E-state index contributed by atoms with van der Waals surface area (Å²) in [6.45, 7) is 3.07. The molecule has 0 fully saturated rings. The molecule has 1 aromatic rings. The summed E-state index contributed by atoms with van der Waals surface area (Å²) >= 11 is 0. The van der Waals surface area contributed by atoms with Crippen molar-refractivity contribution in [3.05, 3.63) is 35.4 Å². The molecule has 0 heterocycles. The van der Waals surface area contributed by atoms with Crippen LogP contribution in [0.25, 0.3) is 0 Å². The number of hydrogen-bond acceptors (Lipinski definition) is 4. The van der Waals surface area contributed by atoms with E-state index in [9.17, 15) is 9.59 Å². The average Bonchev–Trinajstić information content (AvgIpc) is 2.35. The maximum atomic E-state index is 11.8. The number of nitrogens with zero attached hydrogens (tertiary/aromatic N) is 1. The molecule has 1 rings (SSSR count). The number of benzene rings is 1. The normalized spacial score (nSPS) is 11.2. The SMILES string of the molecule is Cc1cccc(C(=O)N[C@@H](C)C(=O)OCC#N)c1. The van der Waals surface area contributed by atoms with Gasteiger partial charge >= 0.3 is 5.97 Å². The monoisotopic (exact) mass is 246 g/mol. The van der Waals surface area contributed by atoms with Crippen LogP contribution in [-0.4, -0.2) is 24.5 Å². The van der Waals surface area contributed by atoms with E-state index < -0.39 is 12.0 Å². The quantitative estimate of drug-likeness (QED) is 0.809. The summed E-state index contributed by atoms with van der Waals surface area (Å²) in [4.78, 5) is 23.1.